The molecule has 0 aliphatic rings. The van der Waals surface area contributed by atoms with Crippen molar-refractivity contribution in [2.75, 3.05) is 17.2 Å². The van der Waals surface area contributed by atoms with Crippen LogP contribution in [0.5, 0.6) is 0 Å². The van der Waals surface area contributed by atoms with Gasteiger partial charge in [-0.15, -0.1) is 0 Å². The third-order valence-electron chi connectivity index (χ3n) is 3.46. The molecule has 2 N–H and O–H groups in total. The Balaban J connectivity index is 2.03. The van der Waals surface area contributed by atoms with Crippen molar-refractivity contribution in [1.82, 2.24) is 0 Å². The Morgan fingerprint density at radius 2 is 1.91 bits per heavy atom. The summed E-state index contributed by atoms with van der Waals surface area (Å²) in [5, 5.41) is 6.69. The van der Waals surface area contributed by atoms with Crippen LogP contribution in [-0.2, 0) is 4.79 Å². The normalized spacial score (nSPS) is 10.6. The highest BCUT2D eigenvalue weighted by atomic mass is 35.5. The molecule has 2 aromatic carbocycles. The van der Waals surface area contributed by atoms with Crippen LogP contribution in [0.2, 0.25) is 5.02 Å². The molecule has 0 unspecified atom stereocenters. The van der Waals surface area contributed by atoms with Gasteiger partial charge in [0.05, 0.1) is 6.54 Å². The predicted octanol–water partition coefficient (Wildman–Crippen LogP) is 4.82. The fourth-order valence-electron chi connectivity index (χ4n) is 2.35. The van der Waals surface area contributed by atoms with Crippen LogP contribution >= 0.6 is 11.6 Å². The first-order chi connectivity index (χ1) is 10.5. The monoisotopic (exact) mass is 316 g/mol. The van der Waals surface area contributed by atoms with Gasteiger partial charge in [0.15, 0.2) is 0 Å². The number of rotatable bonds is 5. The minimum atomic E-state index is -0.0970. The van der Waals surface area contributed by atoms with Gasteiger partial charge in [0.25, 0.3) is 0 Å². The smallest absolute Gasteiger partial charge is 0.243 e. The Kier molecular flexibility index (Phi) is 5.45. The molecule has 2 rings (SSSR count). The van der Waals surface area contributed by atoms with Gasteiger partial charge in [0, 0.05) is 16.4 Å². The van der Waals surface area contributed by atoms with Crippen molar-refractivity contribution in [2.45, 2.75) is 26.7 Å². The van der Waals surface area contributed by atoms with Crippen LogP contribution in [0.3, 0.4) is 0 Å². The van der Waals surface area contributed by atoms with Crippen LogP contribution in [0.25, 0.3) is 0 Å². The van der Waals surface area contributed by atoms with Gasteiger partial charge in [-0.3, -0.25) is 4.79 Å². The van der Waals surface area contributed by atoms with Crippen LogP contribution in [0.4, 0.5) is 11.4 Å². The average Bonchev–Trinajstić information content (AvgIpc) is 2.45. The molecule has 0 saturated heterocycles. The number of nitrogens with one attached hydrogen (secondary N) is 2. The number of carbonyl (C=O) groups is 1. The standard InChI is InChI=1S/C18H21ClN2O/c1-12(2)16-9-4-6-13(3)18(16)20-11-17(22)21-15-8-5-7-14(19)10-15/h4-10,12,20H,11H2,1-3H3,(H,21,22). The van der Waals surface area contributed by atoms with E-state index in [1.807, 2.05) is 31.2 Å². The Morgan fingerprint density at radius 1 is 1.18 bits per heavy atom. The average molecular weight is 317 g/mol. The zero-order valence-electron chi connectivity index (χ0n) is 13.1. The highest BCUT2D eigenvalue weighted by molar-refractivity contribution is 6.30. The van der Waals surface area contributed by atoms with E-state index >= 15 is 0 Å². The van der Waals surface area contributed by atoms with E-state index in [-0.39, 0.29) is 12.5 Å². The summed E-state index contributed by atoms with van der Waals surface area (Å²) in [7, 11) is 0. The number of anilines is 2. The van der Waals surface area contributed by atoms with Crippen LogP contribution in [0.1, 0.15) is 30.9 Å². The molecule has 3 nitrogen and oxygen atoms in total. The summed E-state index contributed by atoms with van der Waals surface area (Å²) in [5.74, 6) is 0.304. The lowest BCUT2D eigenvalue weighted by atomic mass is 9.98. The van der Waals surface area contributed by atoms with E-state index in [9.17, 15) is 4.79 Å². The quantitative estimate of drug-likeness (QED) is 0.830. The van der Waals surface area contributed by atoms with Crippen LogP contribution in [0.15, 0.2) is 42.5 Å². The van der Waals surface area contributed by atoms with Crippen molar-refractivity contribution in [2.24, 2.45) is 0 Å². The molecule has 0 aliphatic carbocycles. The molecule has 116 valence electrons. The van der Waals surface area contributed by atoms with Crippen molar-refractivity contribution in [3.63, 3.8) is 0 Å². The van der Waals surface area contributed by atoms with Crippen molar-refractivity contribution >= 4 is 28.9 Å². The van der Waals surface area contributed by atoms with Gasteiger partial charge in [-0.25, -0.2) is 0 Å². The fraction of sp³-hybridized carbons (Fsp3) is 0.278. The lowest BCUT2D eigenvalue weighted by Gasteiger charge is -2.17. The predicted molar refractivity (Wildman–Crippen MR) is 93.8 cm³/mol. The summed E-state index contributed by atoms with van der Waals surface area (Å²) in [6, 6.07) is 13.3. The summed E-state index contributed by atoms with van der Waals surface area (Å²) < 4.78 is 0. The Morgan fingerprint density at radius 3 is 2.59 bits per heavy atom. The second kappa shape index (κ2) is 7.32. The topological polar surface area (TPSA) is 41.1 Å². The number of aryl methyl sites for hydroxylation is 1. The van der Waals surface area contributed by atoms with Gasteiger partial charge < -0.3 is 10.6 Å². The van der Waals surface area contributed by atoms with E-state index < -0.39 is 0 Å². The largest absolute Gasteiger partial charge is 0.376 e. The SMILES string of the molecule is Cc1cccc(C(C)C)c1NCC(=O)Nc1cccc(Cl)c1. The molecule has 2 aromatic rings. The van der Waals surface area contributed by atoms with Crippen LogP contribution in [-0.4, -0.2) is 12.5 Å². The second-order valence-electron chi connectivity index (χ2n) is 5.61. The molecule has 0 aromatic heterocycles. The van der Waals surface area contributed by atoms with E-state index in [1.54, 1.807) is 12.1 Å². The van der Waals surface area contributed by atoms with Crippen molar-refractivity contribution in [1.29, 1.82) is 0 Å². The summed E-state index contributed by atoms with van der Waals surface area (Å²) in [6.07, 6.45) is 0. The molecule has 4 heteroatoms. The highest BCUT2D eigenvalue weighted by Gasteiger charge is 2.10. The molecule has 1 amide bonds. The highest BCUT2D eigenvalue weighted by Crippen LogP contribution is 2.27. The maximum Gasteiger partial charge on any atom is 0.243 e. The molecule has 0 saturated carbocycles. The number of benzene rings is 2. The molecule has 0 aliphatic heterocycles. The van der Waals surface area contributed by atoms with Gasteiger partial charge in [0.1, 0.15) is 0 Å². The van der Waals surface area contributed by atoms with Crippen LogP contribution < -0.4 is 10.6 Å². The number of hydrogen-bond donors (Lipinski definition) is 2. The maximum atomic E-state index is 12.1. The Hall–Kier alpha value is -2.00. The molecule has 0 spiro atoms. The first-order valence-corrected chi connectivity index (χ1v) is 7.74. The third kappa shape index (κ3) is 4.25. The molecule has 0 bridgehead atoms. The Labute approximate surface area is 136 Å². The van der Waals surface area contributed by atoms with E-state index in [1.165, 1.54) is 5.56 Å². The van der Waals surface area contributed by atoms with Gasteiger partial charge in [0.2, 0.25) is 5.91 Å². The molecule has 0 atom stereocenters. The van der Waals surface area contributed by atoms with Crippen molar-refractivity contribution in [3.05, 3.63) is 58.6 Å². The minimum Gasteiger partial charge on any atom is -0.376 e. The molecule has 0 radical (unpaired) electrons. The lowest BCUT2D eigenvalue weighted by molar-refractivity contribution is -0.114. The van der Waals surface area contributed by atoms with Gasteiger partial charge >= 0.3 is 0 Å². The second-order valence-corrected chi connectivity index (χ2v) is 6.04. The number of halogens is 1. The molecular weight excluding hydrogens is 296 g/mol. The Bertz CT molecular complexity index is 668. The van der Waals surface area contributed by atoms with Crippen molar-refractivity contribution in [3.8, 4) is 0 Å². The summed E-state index contributed by atoms with van der Waals surface area (Å²) >= 11 is 5.91. The van der Waals surface area contributed by atoms with Gasteiger partial charge in [-0.1, -0.05) is 49.7 Å². The van der Waals surface area contributed by atoms with Gasteiger partial charge in [-0.05, 0) is 42.2 Å². The minimum absolute atomic E-state index is 0.0970. The van der Waals surface area contributed by atoms with Crippen LogP contribution in [0, 0.1) is 6.92 Å². The number of amides is 1. The summed E-state index contributed by atoms with van der Waals surface area (Å²) in [6.45, 7) is 6.55. The first-order valence-electron chi connectivity index (χ1n) is 7.36. The van der Waals surface area contributed by atoms with Gasteiger partial charge in [-0.2, -0.15) is 0 Å². The fourth-order valence-corrected chi connectivity index (χ4v) is 2.54. The molecular formula is C18H21ClN2O. The molecule has 22 heavy (non-hydrogen) atoms. The van der Waals surface area contributed by atoms with E-state index in [4.69, 9.17) is 11.6 Å². The van der Waals surface area contributed by atoms with E-state index in [0.29, 0.717) is 16.6 Å². The number of para-hydroxylation sites is 1. The third-order valence-corrected chi connectivity index (χ3v) is 3.70. The van der Waals surface area contributed by atoms with E-state index in [0.717, 1.165) is 11.3 Å². The zero-order valence-corrected chi connectivity index (χ0v) is 13.9. The number of carbonyl (C=O) groups excluding carboxylic acids is 1. The maximum absolute atomic E-state index is 12.1. The molecule has 0 heterocycles. The lowest BCUT2D eigenvalue weighted by Crippen LogP contribution is -2.22. The van der Waals surface area contributed by atoms with E-state index in [2.05, 4.69) is 30.5 Å². The van der Waals surface area contributed by atoms with Crippen molar-refractivity contribution < 1.29 is 4.79 Å². The number of hydrogen-bond acceptors (Lipinski definition) is 2. The zero-order chi connectivity index (χ0) is 16.1. The summed E-state index contributed by atoms with van der Waals surface area (Å²) in [4.78, 5) is 12.1. The summed E-state index contributed by atoms with van der Waals surface area (Å²) in [5.41, 5.74) is 4.10. The first kappa shape index (κ1) is 16.4. The molecule has 0 fully saturated rings.